The molecule has 0 saturated heterocycles. The Morgan fingerprint density at radius 2 is 2.05 bits per heavy atom. The highest BCUT2D eigenvalue weighted by atomic mass is 79.9. The Hall–Kier alpha value is -2.01. The van der Waals surface area contributed by atoms with Crippen LogP contribution < -0.4 is 15.8 Å². The van der Waals surface area contributed by atoms with E-state index < -0.39 is 0 Å². The van der Waals surface area contributed by atoms with Crippen molar-refractivity contribution in [3.8, 4) is 5.75 Å². The van der Waals surface area contributed by atoms with Gasteiger partial charge >= 0.3 is 0 Å². The van der Waals surface area contributed by atoms with Crippen molar-refractivity contribution in [2.24, 2.45) is 0 Å². The fourth-order valence-corrected chi connectivity index (χ4v) is 2.12. The Morgan fingerprint density at radius 3 is 2.75 bits per heavy atom. The predicted molar refractivity (Wildman–Crippen MR) is 83.9 cm³/mol. The third kappa shape index (κ3) is 3.74. The van der Waals surface area contributed by atoms with Crippen LogP contribution in [0, 0.1) is 6.92 Å². The van der Waals surface area contributed by atoms with Gasteiger partial charge in [0.05, 0.1) is 11.4 Å². The standard InChI is InChI=1S/C15H15BrN2O2/c1-10-4-2-7-13(17)15(10)18-14(19)9-20-12-6-3-5-11(16)8-12/h2-8H,9,17H2,1H3,(H,18,19). The lowest BCUT2D eigenvalue weighted by Crippen LogP contribution is -2.21. The van der Waals surface area contributed by atoms with Crippen molar-refractivity contribution in [2.75, 3.05) is 17.7 Å². The van der Waals surface area contributed by atoms with E-state index in [4.69, 9.17) is 10.5 Å². The molecule has 0 heterocycles. The molecule has 2 aromatic rings. The maximum absolute atomic E-state index is 11.9. The van der Waals surface area contributed by atoms with Crippen molar-refractivity contribution in [1.29, 1.82) is 0 Å². The van der Waals surface area contributed by atoms with Gasteiger partial charge in [0, 0.05) is 4.47 Å². The van der Waals surface area contributed by atoms with E-state index in [1.807, 2.05) is 31.2 Å². The molecule has 0 aliphatic heterocycles. The Morgan fingerprint density at radius 1 is 1.30 bits per heavy atom. The summed E-state index contributed by atoms with van der Waals surface area (Å²) in [5.41, 5.74) is 7.93. The largest absolute Gasteiger partial charge is 0.484 e. The third-order valence-corrected chi connectivity index (χ3v) is 3.23. The van der Waals surface area contributed by atoms with E-state index in [1.54, 1.807) is 18.2 Å². The van der Waals surface area contributed by atoms with E-state index in [1.165, 1.54) is 0 Å². The molecule has 0 bridgehead atoms. The molecule has 0 unspecified atom stereocenters. The number of hydrogen-bond acceptors (Lipinski definition) is 3. The van der Waals surface area contributed by atoms with Crippen molar-refractivity contribution in [3.05, 3.63) is 52.5 Å². The van der Waals surface area contributed by atoms with Crippen LogP contribution in [0.4, 0.5) is 11.4 Å². The van der Waals surface area contributed by atoms with Gasteiger partial charge in [-0.1, -0.05) is 34.1 Å². The highest BCUT2D eigenvalue weighted by molar-refractivity contribution is 9.10. The molecule has 0 radical (unpaired) electrons. The predicted octanol–water partition coefficient (Wildman–Crippen LogP) is 3.36. The maximum atomic E-state index is 11.9. The van der Waals surface area contributed by atoms with Crippen LogP contribution in [0.1, 0.15) is 5.56 Å². The van der Waals surface area contributed by atoms with Crippen LogP contribution in [0.2, 0.25) is 0 Å². The molecule has 20 heavy (non-hydrogen) atoms. The van der Waals surface area contributed by atoms with Crippen LogP contribution in [0.3, 0.4) is 0 Å². The molecule has 0 spiro atoms. The fraction of sp³-hybridized carbons (Fsp3) is 0.133. The number of carbonyl (C=O) groups is 1. The van der Waals surface area contributed by atoms with Gasteiger partial charge in [-0.3, -0.25) is 4.79 Å². The van der Waals surface area contributed by atoms with Crippen molar-refractivity contribution in [3.63, 3.8) is 0 Å². The number of anilines is 2. The number of hydrogen-bond donors (Lipinski definition) is 2. The van der Waals surface area contributed by atoms with E-state index >= 15 is 0 Å². The molecule has 0 aromatic heterocycles. The average Bonchev–Trinajstić information content (AvgIpc) is 2.41. The molecule has 0 fully saturated rings. The van der Waals surface area contributed by atoms with E-state index in [0.29, 0.717) is 17.1 Å². The second kappa shape index (κ2) is 6.43. The molecule has 4 nitrogen and oxygen atoms in total. The first-order chi connectivity index (χ1) is 9.56. The minimum atomic E-state index is -0.244. The topological polar surface area (TPSA) is 64.3 Å². The van der Waals surface area contributed by atoms with Gasteiger partial charge in [0.15, 0.2) is 6.61 Å². The quantitative estimate of drug-likeness (QED) is 0.842. The first-order valence-corrected chi connectivity index (χ1v) is 6.89. The number of nitrogen functional groups attached to an aromatic ring is 1. The van der Waals surface area contributed by atoms with E-state index in [9.17, 15) is 4.79 Å². The van der Waals surface area contributed by atoms with Gasteiger partial charge in [-0.25, -0.2) is 0 Å². The number of halogens is 1. The highest BCUT2D eigenvalue weighted by Gasteiger charge is 2.08. The minimum absolute atomic E-state index is 0.0653. The van der Waals surface area contributed by atoms with Gasteiger partial charge < -0.3 is 15.8 Å². The minimum Gasteiger partial charge on any atom is -0.484 e. The van der Waals surface area contributed by atoms with Crippen LogP contribution in [-0.2, 0) is 4.79 Å². The van der Waals surface area contributed by atoms with Crippen LogP contribution >= 0.6 is 15.9 Å². The molecule has 0 atom stereocenters. The fourth-order valence-electron chi connectivity index (χ4n) is 1.74. The molecule has 2 rings (SSSR count). The summed E-state index contributed by atoms with van der Waals surface area (Å²) in [5.74, 6) is 0.387. The van der Waals surface area contributed by atoms with Crippen LogP contribution in [0.25, 0.3) is 0 Å². The number of nitrogens with one attached hydrogen (secondary N) is 1. The van der Waals surface area contributed by atoms with Gasteiger partial charge in [0.25, 0.3) is 5.91 Å². The number of aryl methyl sites for hydroxylation is 1. The molecule has 5 heteroatoms. The van der Waals surface area contributed by atoms with Gasteiger partial charge in [0.2, 0.25) is 0 Å². The van der Waals surface area contributed by atoms with Crippen molar-refractivity contribution >= 4 is 33.2 Å². The number of carbonyl (C=O) groups excluding carboxylic acids is 1. The summed E-state index contributed by atoms with van der Waals surface area (Å²) in [7, 11) is 0. The van der Waals surface area contributed by atoms with Crippen LogP contribution in [-0.4, -0.2) is 12.5 Å². The first-order valence-electron chi connectivity index (χ1n) is 6.09. The zero-order chi connectivity index (χ0) is 14.5. The Kier molecular flexibility index (Phi) is 4.63. The second-order valence-electron chi connectivity index (χ2n) is 4.33. The molecule has 0 aliphatic rings. The summed E-state index contributed by atoms with van der Waals surface area (Å²) in [6.07, 6.45) is 0. The van der Waals surface area contributed by atoms with Crippen LogP contribution in [0.15, 0.2) is 46.9 Å². The van der Waals surface area contributed by atoms with Crippen molar-refractivity contribution in [2.45, 2.75) is 6.92 Å². The van der Waals surface area contributed by atoms with E-state index in [0.717, 1.165) is 10.0 Å². The summed E-state index contributed by atoms with van der Waals surface area (Å²) in [6.45, 7) is 1.82. The number of para-hydroxylation sites is 1. The lowest BCUT2D eigenvalue weighted by atomic mass is 10.1. The average molecular weight is 335 g/mol. The first kappa shape index (κ1) is 14.4. The van der Waals surface area contributed by atoms with Gasteiger partial charge in [-0.15, -0.1) is 0 Å². The summed E-state index contributed by atoms with van der Waals surface area (Å²) >= 11 is 3.34. The molecule has 1 amide bonds. The number of ether oxygens (including phenoxy) is 1. The number of benzene rings is 2. The zero-order valence-corrected chi connectivity index (χ0v) is 12.6. The lowest BCUT2D eigenvalue weighted by Gasteiger charge is -2.11. The molecule has 0 aliphatic carbocycles. The number of amides is 1. The van der Waals surface area contributed by atoms with Crippen LogP contribution in [0.5, 0.6) is 5.75 Å². The Bertz CT molecular complexity index is 609. The summed E-state index contributed by atoms with van der Waals surface area (Å²) in [6, 6.07) is 12.8. The summed E-state index contributed by atoms with van der Waals surface area (Å²) < 4.78 is 6.32. The zero-order valence-electron chi connectivity index (χ0n) is 11.0. The van der Waals surface area contributed by atoms with Gasteiger partial charge in [-0.2, -0.15) is 0 Å². The molecular weight excluding hydrogens is 320 g/mol. The molecule has 0 saturated carbocycles. The van der Waals surface area contributed by atoms with Gasteiger partial charge in [0.1, 0.15) is 5.75 Å². The second-order valence-corrected chi connectivity index (χ2v) is 5.25. The monoisotopic (exact) mass is 334 g/mol. The number of rotatable bonds is 4. The van der Waals surface area contributed by atoms with Crippen molar-refractivity contribution < 1.29 is 9.53 Å². The number of nitrogens with two attached hydrogens (primary N) is 1. The maximum Gasteiger partial charge on any atom is 0.262 e. The summed E-state index contributed by atoms with van der Waals surface area (Å²) in [5, 5.41) is 2.76. The molecule has 104 valence electrons. The SMILES string of the molecule is Cc1cccc(N)c1NC(=O)COc1cccc(Br)c1. The lowest BCUT2D eigenvalue weighted by molar-refractivity contribution is -0.118. The third-order valence-electron chi connectivity index (χ3n) is 2.74. The Labute approximate surface area is 126 Å². The molecular formula is C15H15BrN2O2. The normalized spacial score (nSPS) is 10.1. The van der Waals surface area contributed by atoms with E-state index in [-0.39, 0.29) is 12.5 Å². The smallest absolute Gasteiger partial charge is 0.262 e. The van der Waals surface area contributed by atoms with Crippen molar-refractivity contribution in [1.82, 2.24) is 0 Å². The Balaban J connectivity index is 1.96. The molecule has 3 N–H and O–H groups in total. The van der Waals surface area contributed by atoms with Gasteiger partial charge in [-0.05, 0) is 36.8 Å². The highest BCUT2D eigenvalue weighted by Crippen LogP contribution is 2.22. The molecule has 2 aromatic carbocycles. The van der Waals surface area contributed by atoms with E-state index in [2.05, 4.69) is 21.2 Å². The summed E-state index contributed by atoms with van der Waals surface area (Å²) in [4.78, 5) is 11.9.